The molecule has 2 N–H and O–H groups in total. The van der Waals surface area contributed by atoms with Gasteiger partial charge in [0.1, 0.15) is 15.6 Å². The van der Waals surface area contributed by atoms with Crippen molar-refractivity contribution in [3.05, 3.63) is 58.3 Å². The Labute approximate surface area is 179 Å². The minimum absolute atomic E-state index is 0.140. The highest BCUT2D eigenvalue weighted by Gasteiger charge is 2.17. The summed E-state index contributed by atoms with van der Waals surface area (Å²) in [6, 6.07) is 10.6. The number of sulfonamides is 1. The topological polar surface area (TPSA) is 101 Å². The Balaban J connectivity index is 1.75. The maximum Gasteiger partial charge on any atom is 0.271 e. The summed E-state index contributed by atoms with van der Waals surface area (Å²) in [4.78, 5) is 12.4. The van der Waals surface area contributed by atoms with E-state index in [0.717, 1.165) is 28.2 Å². The number of amides is 1. The summed E-state index contributed by atoms with van der Waals surface area (Å²) in [5, 5.41) is 6.64. The van der Waals surface area contributed by atoms with Crippen molar-refractivity contribution in [1.29, 1.82) is 0 Å². The predicted molar refractivity (Wildman–Crippen MR) is 120 cm³/mol. The van der Waals surface area contributed by atoms with Crippen molar-refractivity contribution in [3.8, 4) is 0 Å². The third-order valence-electron chi connectivity index (χ3n) is 4.36. The van der Waals surface area contributed by atoms with E-state index in [1.54, 1.807) is 50.3 Å². The normalized spacial score (nSPS) is 11.7. The molecule has 2 aromatic heterocycles. The summed E-state index contributed by atoms with van der Waals surface area (Å²) in [7, 11) is -3.68. The average Bonchev–Trinajstić information content (AvgIpc) is 3.34. The van der Waals surface area contributed by atoms with E-state index >= 15 is 0 Å². The van der Waals surface area contributed by atoms with Gasteiger partial charge >= 0.3 is 0 Å². The third-order valence-corrected chi connectivity index (χ3v) is 7.28. The molecule has 0 spiro atoms. The molecule has 0 atom stereocenters. The lowest BCUT2D eigenvalue weighted by Crippen LogP contribution is -2.11. The lowest BCUT2D eigenvalue weighted by Gasteiger charge is -2.06. The summed E-state index contributed by atoms with van der Waals surface area (Å²) >= 11 is 1.13. The number of hydrogen-bond acceptors (Lipinski definition) is 6. The van der Waals surface area contributed by atoms with Crippen LogP contribution in [0.15, 0.2) is 45.1 Å². The number of benzene rings is 1. The molecule has 0 aliphatic rings. The number of anilines is 2. The predicted octanol–water partition coefficient (Wildman–Crippen LogP) is 4.93. The summed E-state index contributed by atoms with van der Waals surface area (Å²) in [5.41, 5.74) is 2.74. The first-order chi connectivity index (χ1) is 14.3. The van der Waals surface area contributed by atoms with Gasteiger partial charge in [-0.1, -0.05) is 31.1 Å². The van der Waals surface area contributed by atoms with Gasteiger partial charge in [-0.05, 0) is 55.3 Å². The number of carbonyl (C=O) groups is 1. The number of nitrogens with one attached hydrogen (secondary N) is 2. The number of rotatable bonds is 8. The molecular weight excluding hydrogens is 422 g/mol. The van der Waals surface area contributed by atoms with E-state index < -0.39 is 10.0 Å². The van der Waals surface area contributed by atoms with E-state index in [-0.39, 0.29) is 10.1 Å². The van der Waals surface area contributed by atoms with Crippen LogP contribution in [0.2, 0.25) is 0 Å². The van der Waals surface area contributed by atoms with Crippen LogP contribution in [0.1, 0.15) is 42.2 Å². The maximum absolute atomic E-state index is 12.7. The van der Waals surface area contributed by atoms with Crippen molar-refractivity contribution < 1.29 is 17.7 Å². The molecule has 0 fully saturated rings. The highest BCUT2D eigenvalue weighted by atomic mass is 32.2. The Morgan fingerprint density at radius 1 is 1.13 bits per heavy atom. The smallest absolute Gasteiger partial charge is 0.271 e. The Bertz CT molecular complexity index is 1160. The van der Waals surface area contributed by atoms with Crippen LogP contribution in [0.25, 0.3) is 12.2 Å². The zero-order valence-corrected chi connectivity index (χ0v) is 18.6. The number of hydrogen-bond donors (Lipinski definition) is 2. The molecule has 0 unspecified atom stereocenters. The van der Waals surface area contributed by atoms with Crippen molar-refractivity contribution in [3.63, 3.8) is 0 Å². The fourth-order valence-corrected chi connectivity index (χ4v) is 4.91. The van der Waals surface area contributed by atoms with Crippen LogP contribution < -0.4 is 10.0 Å². The van der Waals surface area contributed by atoms with Gasteiger partial charge in [-0.3, -0.25) is 9.52 Å². The summed E-state index contributed by atoms with van der Waals surface area (Å²) in [6.45, 7) is 5.54. The highest BCUT2D eigenvalue weighted by molar-refractivity contribution is 7.94. The van der Waals surface area contributed by atoms with Gasteiger partial charge in [-0.2, -0.15) is 0 Å². The Morgan fingerprint density at radius 2 is 1.87 bits per heavy atom. The largest absolute Gasteiger partial charge is 0.354 e. The summed E-state index contributed by atoms with van der Waals surface area (Å²) in [5.74, 6) is 0.264. The van der Waals surface area contributed by atoms with Gasteiger partial charge in [0, 0.05) is 17.0 Å². The lowest BCUT2D eigenvalue weighted by atomic mass is 10.2. The van der Waals surface area contributed by atoms with Gasteiger partial charge in [0.2, 0.25) is 5.91 Å². The molecule has 158 valence electrons. The van der Waals surface area contributed by atoms with E-state index in [1.807, 2.05) is 19.1 Å². The number of thiophene rings is 1. The quantitative estimate of drug-likeness (QED) is 0.512. The number of aromatic nitrogens is 1. The molecule has 0 saturated carbocycles. The van der Waals surface area contributed by atoms with Crippen LogP contribution in [-0.4, -0.2) is 19.5 Å². The molecule has 0 radical (unpaired) electrons. The molecule has 3 aromatic rings. The SMILES string of the molecule is CCC(=O)Nc1c(C)noc1C=Cc1ccc(S(=O)(=O)Nc2ccc(CC)cc2)s1. The fourth-order valence-electron chi connectivity index (χ4n) is 2.62. The average molecular weight is 446 g/mol. The van der Waals surface area contributed by atoms with Crippen LogP contribution >= 0.6 is 11.3 Å². The highest BCUT2D eigenvalue weighted by Crippen LogP contribution is 2.27. The number of aryl methyl sites for hydroxylation is 2. The van der Waals surface area contributed by atoms with Crippen molar-refractivity contribution in [1.82, 2.24) is 5.16 Å². The van der Waals surface area contributed by atoms with E-state index in [2.05, 4.69) is 15.2 Å². The van der Waals surface area contributed by atoms with Crippen LogP contribution in [-0.2, 0) is 21.2 Å². The monoisotopic (exact) mass is 445 g/mol. The van der Waals surface area contributed by atoms with Gasteiger partial charge in [0.15, 0.2) is 5.76 Å². The molecule has 1 aromatic carbocycles. The van der Waals surface area contributed by atoms with E-state index in [9.17, 15) is 13.2 Å². The fraction of sp³-hybridized carbons (Fsp3) is 0.238. The zero-order chi connectivity index (χ0) is 21.7. The molecule has 0 saturated heterocycles. The second kappa shape index (κ2) is 9.27. The van der Waals surface area contributed by atoms with Gasteiger partial charge in [-0.25, -0.2) is 8.42 Å². The third kappa shape index (κ3) is 5.17. The van der Waals surface area contributed by atoms with Gasteiger partial charge in [-0.15, -0.1) is 11.3 Å². The molecule has 1 amide bonds. The first kappa shape index (κ1) is 21.8. The lowest BCUT2D eigenvalue weighted by molar-refractivity contribution is -0.115. The number of nitrogens with zero attached hydrogens (tertiary/aromatic N) is 1. The molecule has 0 bridgehead atoms. The molecule has 7 nitrogen and oxygen atoms in total. The molecule has 2 heterocycles. The van der Waals surface area contributed by atoms with E-state index in [1.165, 1.54) is 0 Å². The minimum Gasteiger partial charge on any atom is -0.354 e. The van der Waals surface area contributed by atoms with Crippen LogP contribution in [0.5, 0.6) is 0 Å². The van der Waals surface area contributed by atoms with Gasteiger partial charge in [0.05, 0.1) is 0 Å². The molecule has 30 heavy (non-hydrogen) atoms. The Kier molecular flexibility index (Phi) is 6.73. The second-order valence-electron chi connectivity index (χ2n) is 6.56. The second-order valence-corrected chi connectivity index (χ2v) is 9.58. The molecule has 0 aliphatic carbocycles. The van der Waals surface area contributed by atoms with E-state index in [4.69, 9.17) is 4.52 Å². The summed E-state index contributed by atoms with van der Waals surface area (Å²) in [6.07, 6.45) is 4.61. The summed E-state index contributed by atoms with van der Waals surface area (Å²) < 4.78 is 33.4. The first-order valence-corrected chi connectivity index (χ1v) is 11.8. The van der Waals surface area contributed by atoms with E-state index in [0.29, 0.717) is 29.2 Å². The van der Waals surface area contributed by atoms with Crippen molar-refractivity contribution in [2.75, 3.05) is 10.0 Å². The van der Waals surface area contributed by atoms with Crippen molar-refractivity contribution in [2.24, 2.45) is 0 Å². The van der Waals surface area contributed by atoms with Crippen LogP contribution in [0.3, 0.4) is 0 Å². The Morgan fingerprint density at radius 3 is 2.53 bits per heavy atom. The van der Waals surface area contributed by atoms with Gasteiger partial charge in [0.25, 0.3) is 10.0 Å². The first-order valence-electron chi connectivity index (χ1n) is 9.48. The van der Waals surface area contributed by atoms with Crippen molar-refractivity contribution >= 4 is 50.8 Å². The van der Waals surface area contributed by atoms with Crippen LogP contribution in [0.4, 0.5) is 11.4 Å². The Hall–Kier alpha value is -2.91. The number of carbonyl (C=O) groups excluding carboxylic acids is 1. The molecule has 9 heteroatoms. The van der Waals surface area contributed by atoms with Crippen LogP contribution in [0, 0.1) is 6.92 Å². The van der Waals surface area contributed by atoms with Gasteiger partial charge < -0.3 is 9.84 Å². The molecule has 3 rings (SSSR count). The minimum atomic E-state index is -3.68. The molecular formula is C21H23N3O4S2. The standard InChI is InChI=1S/C21H23N3O4S2/c1-4-15-6-8-16(9-7-15)24-30(26,27)20-13-11-17(29-20)10-12-18-21(14(3)23-28-18)22-19(25)5-2/h6-13,24H,4-5H2,1-3H3,(H,22,25). The zero-order valence-electron chi connectivity index (χ0n) is 16.9. The maximum atomic E-state index is 12.7. The van der Waals surface area contributed by atoms with Crippen molar-refractivity contribution in [2.45, 2.75) is 37.8 Å². The molecule has 0 aliphatic heterocycles.